The van der Waals surface area contributed by atoms with Crippen molar-refractivity contribution in [2.75, 3.05) is 11.9 Å². The van der Waals surface area contributed by atoms with Gasteiger partial charge >= 0.3 is 6.03 Å². The topological polar surface area (TPSA) is 57.6 Å². The molecule has 6 nitrogen and oxygen atoms in total. The molecule has 1 aliphatic rings. The van der Waals surface area contributed by atoms with Gasteiger partial charge in [-0.2, -0.15) is 0 Å². The molecule has 1 saturated carbocycles. The lowest BCUT2D eigenvalue weighted by Gasteiger charge is -2.30. The number of carbonyl (C=O) groups excluding carboxylic acids is 2. The van der Waals surface area contributed by atoms with Gasteiger partial charge in [0.15, 0.2) is 0 Å². The summed E-state index contributed by atoms with van der Waals surface area (Å²) in [5.41, 5.74) is 3.02. The number of hydrogen-bond donors (Lipinski definition) is 1. The number of aryl methyl sites for hydroxylation is 2. The van der Waals surface area contributed by atoms with Crippen LogP contribution in [0.15, 0.2) is 42.6 Å². The summed E-state index contributed by atoms with van der Waals surface area (Å²) in [5.74, 6) is -0.000131. The van der Waals surface area contributed by atoms with Gasteiger partial charge in [-0.15, -0.1) is 0 Å². The molecule has 3 rings (SSSR count). The number of rotatable bonds is 8. The van der Waals surface area contributed by atoms with Crippen LogP contribution in [-0.4, -0.2) is 44.9 Å². The van der Waals surface area contributed by atoms with Crippen LogP contribution in [0.2, 0.25) is 0 Å². The second-order valence-corrected chi connectivity index (χ2v) is 8.07. The first-order valence-electron chi connectivity index (χ1n) is 10.4. The van der Waals surface area contributed by atoms with Crippen molar-refractivity contribution < 1.29 is 9.59 Å². The molecular formula is C23H32N4O2. The van der Waals surface area contributed by atoms with Crippen molar-refractivity contribution in [3.05, 3.63) is 53.9 Å². The summed E-state index contributed by atoms with van der Waals surface area (Å²) in [6.45, 7) is 6.62. The molecule has 0 radical (unpaired) electrons. The van der Waals surface area contributed by atoms with Crippen LogP contribution in [-0.2, 0) is 24.8 Å². The molecule has 0 bridgehead atoms. The standard InChI is InChI=1S/C23H32N4O2/c1-5-18-8-6-9-19(14-18)24-23(29)26(17(2)3)16-22(28)27(20-11-12-20)15-21-10-7-13-25(21)4/h6-10,13-14,17,20H,5,11-12,15-16H2,1-4H3,(H,24,29). The quantitative estimate of drug-likeness (QED) is 0.733. The number of hydrogen-bond acceptors (Lipinski definition) is 2. The van der Waals surface area contributed by atoms with Crippen molar-refractivity contribution in [1.82, 2.24) is 14.4 Å². The van der Waals surface area contributed by atoms with Gasteiger partial charge in [0.05, 0.1) is 6.54 Å². The lowest BCUT2D eigenvalue weighted by molar-refractivity contribution is -0.133. The van der Waals surface area contributed by atoms with Gasteiger partial charge in [-0.3, -0.25) is 4.79 Å². The third kappa shape index (κ3) is 5.40. The number of nitrogens with one attached hydrogen (secondary N) is 1. The zero-order chi connectivity index (χ0) is 21.0. The van der Waals surface area contributed by atoms with Gasteiger partial charge < -0.3 is 19.7 Å². The zero-order valence-corrected chi connectivity index (χ0v) is 17.9. The van der Waals surface area contributed by atoms with Crippen LogP contribution >= 0.6 is 0 Å². The fourth-order valence-electron chi connectivity index (χ4n) is 3.43. The Balaban J connectivity index is 1.68. The van der Waals surface area contributed by atoms with Crippen molar-refractivity contribution >= 4 is 17.6 Å². The Labute approximate surface area is 173 Å². The fraction of sp³-hybridized carbons (Fsp3) is 0.478. The normalized spacial score (nSPS) is 13.4. The van der Waals surface area contributed by atoms with Crippen LogP contribution in [0.4, 0.5) is 10.5 Å². The highest BCUT2D eigenvalue weighted by Crippen LogP contribution is 2.29. The van der Waals surface area contributed by atoms with Crippen molar-refractivity contribution in [3.8, 4) is 0 Å². The molecular weight excluding hydrogens is 364 g/mol. The maximum absolute atomic E-state index is 13.1. The van der Waals surface area contributed by atoms with Crippen LogP contribution in [0.3, 0.4) is 0 Å². The highest BCUT2D eigenvalue weighted by Gasteiger charge is 2.34. The largest absolute Gasteiger partial charge is 0.353 e. The SMILES string of the molecule is CCc1cccc(NC(=O)N(CC(=O)N(Cc2cccn2C)C2CC2)C(C)C)c1. The van der Waals surface area contributed by atoms with Gasteiger partial charge in [0.2, 0.25) is 5.91 Å². The molecule has 0 saturated heterocycles. The number of carbonyl (C=O) groups is 2. The fourth-order valence-corrected chi connectivity index (χ4v) is 3.43. The highest BCUT2D eigenvalue weighted by molar-refractivity contribution is 5.92. The molecule has 1 aromatic carbocycles. The van der Waals surface area contributed by atoms with E-state index in [0.717, 1.165) is 36.2 Å². The minimum atomic E-state index is -0.240. The van der Waals surface area contributed by atoms with E-state index >= 15 is 0 Å². The Morgan fingerprint density at radius 2 is 1.97 bits per heavy atom. The van der Waals surface area contributed by atoms with Crippen molar-refractivity contribution in [3.63, 3.8) is 0 Å². The summed E-state index contributed by atoms with van der Waals surface area (Å²) < 4.78 is 2.04. The minimum Gasteiger partial charge on any atom is -0.353 e. The first-order chi connectivity index (χ1) is 13.9. The average molecular weight is 397 g/mol. The monoisotopic (exact) mass is 396 g/mol. The van der Waals surface area contributed by atoms with Gasteiger partial charge in [-0.05, 0) is 62.9 Å². The first kappa shape index (κ1) is 21.0. The number of aromatic nitrogens is 1. The van der Waals surface area contributed by atoms with Gasteiger partial charge in [0.1, 0.15) is 6.54 Å². The van der Waals surface area contributed by atoms with E-state index in [4.69, 9.17) is 0 Å². The number of amides is 3. The summed E-state index contributed by atoms with van der Waals surface area (Å²) in [4.78, 5) is 29.6. The maximum Gasteiger partial charge on any atom is 0.322 e. The molecule has 0 spiro atoms. The number of urea groups is 1. The summed E-state index contributed by atoms with van der Waals surface area (Å²) in [5, 5.41) is 2.95. The summed E-state index contributed by atoms with van der Waals surface area (Å²) in [6.07, 6.45) is 4.97. The molecule has 156 valence electrons. The third-order valence-electron chi connectivity index (χ3n) is 5.47. The second kappa shape index (κ2) is 9.16. The second-order valence-electron chi connectivity index (χ2n) is 8.07. The Morgan fingerprint density at radius 3 is 2.55 bits per heavy atom. The van der Waals surface area contributed by atoms with E-state index in [2.05, 4.69) is 12.2 Å². The molecule has 1 aliphatic carbocycles. The van der Waals surface area contributed by atoms with Crippen LogP contribution in [0.5, 0.6) is 0 Å². The van der Waals surface area contributed by atoms with E-state index in [9.17, 15) is 9.59 Å². The number of anilines is 1. The number of nitrogens with zero attached hydrogens (tertiary/aromatic N) is 3. The molecule has 1 N–H and O–H groups in total. The Hall–Kier alpha value is -2.76. The van der Waals surface area contributed by atoms with Gasteiger partial charge in [0, 0.05) is 36.7 Å². The summed E-state index contributed by atoms with van der Waals surface area (Å²) in [7, 11) is 1.99. The lowest BCUT2D eigenvalue weighted by atomic mass is 10.1. The highest BCUT2D eigenvalue weighted by atomic mass is 16.2. The van der Waals surface area contributed by atoms with Crippen molar-refractivity contribution in [1.29, 1.82) is 0 Å². The van der Waals surface area contributed by atoms with Crippen molar-refractivity contribution in [2.24, 2.45) is 7.05 Å². The average Bonchev–Trinajstić information content (AvgIpc) is 3.45. The molecule has 3 amide bonds. The van der Waals surface area contributed by atoms with Gasteiger partial charge in [0.25, 0.3) is 0 Å². The van der Waals surface area contributed by atoms with Gasteiger partial charge in [-0.25, -0.2) is 4.79 Å². The van der Waals surface area contributed by atoms with Gasteiger partial charge in [-0.1, -0.05) is 19.1 Å². The van der Waals surface area contributed by atoms with Crippen LogP contribution in [0.25, 0.3) is 0 Å². The Kier molecular flexibility index (Phi) is 6.62. The molecule has 0 unspecified atom stereocenters. The zero-order valence-electron chi connectivity index (χ0n) is 17.9. The van der Waals surface area contributed by atoms with Crippen LogP contribution < -0.4 is 5.32 Å². The van der Waals surface area contributed by atoms with E-state index in [0.29, 0.717) is 6.54 Å². The smallest absolute Gasteiger partial charge is 0.322 e. The molecule has 0 aliphatic heterocycles. The van der Waals surface area contributed by atoms with Crippen molar-refractivity contribution in [2.45, 2.75) is 58.7 Å². The molecule has 29 heavy (non-hydrogen) atoms. The summed E-state index contributed by atoms with van der Waals surface area (Å²) in [6, 6.07) is 11.8. The third-order valence-corrected chi connectivity index (χ3v) is 5.47. The Morgan fingerprint density at radius 1 is 1.21 bits per heavy atom. The van der Waals surface area contributed by atoms with E-state index in [1.165, 1.54) is 0 Å². The molecule has 2 aromatic rings. The van der Waals surface area contributed by atoms with E-state index in [1.807, 2.05) is 73.0 Å². The molecule has 1 fully saturated rings. The molecule has 0 atom stereocenters. The molecule has 1 aromatic heterocycles. The number of benzene rings is 1. The van der Waals surface area contributed by atoms with E-state index in [-0.39, 0.29) is 30.6 Å². The first-order valence-corrected chi connectivity index (χ1v) is 10.4. The summed E-state index contributed by atoms with van der Waals surface area (Å²) >= 11 is 0. The predicted molar refractivity (Wildman–Crippen MR) is 116 cm³/mol. The Bertz CT molecular complexity index is 854. The molecule has 1 heterocycles. The van der Waals surface area contributed by atoms with Crippen LogP contribution in [0, 0.1) is 0 Å². The predicted octanol–water partition coefficient (Wildman–Crippen LogP) is 4.02. The maximum atomic E-state index is 13.1. The molecule has 6 heteroatoms. The minimum absolute atomic E-state index is 0.000131. The van der Waals surface area contributed by atoms with E-state index in [1.54, 1.807) is 4.90 Å². The lowest BCUT2D eigenvalue weighted by Crippen LogP contribution is -2.48. The van der Waals surface area contributed by atoms with E-state index < -0.39 is 0 Å². The van der Waals surface area contributed by atoms with Crippen LogP contribution in [0.1, 0.15) is 44.9 Å².